The van der Waals surface area contributed by atoms with Crippen molar-refractivity contribution in [2.75, 3.05) is 0 Å². The largest absolute Gasteiger partial charge is 0.308 e. The minimum Gasteiger partial charge on any atom is -0.308 e. The van der Waals surface area contributed by atoms with Gasteiger partial charge in [-0.2, -0.15) is 5.26 Å². The van der Waals surface area contributed by atoms with Gasteiger partial charge in [0, 0.05) is 22.4 Å². The average molecular weight is 386 g/mol. The maximum absolute atomic E-state index is 8.82. The van der Waals surface area contributed by atoms with Crippen molar-refractivity contribution in [3.8, 4) is 6.07 Å². The normalized spacial score (nSPS) is 10.3. The molecule has 1 aromatic heterocycles. The molecule has 1 aromatic carbocycles. The SMILES string of the molecule is N#Cc1cccc(CNCc2cc(Br)c(Br)s2)c1. The van der Waals surface area contributed by atoms with E-state index in [1.807, 2.05) is 24.3 Å². The fraction of sp³-hybridized carbons (Fsp3) is 0.154. The van der Waals surface area contributed by atoms with Gasteiger partial charge in [-0.3, -0.25) is 0 Å². The molecule has 1 heterocycles. The molecule has 0 atom stereocenters. The fourth-order valence-corrected chi connectivity index (χ4v) is 3.71. The molecule has 0 spiro atoms. The van der Waals surface area contributed by atoms with E-state index in [-0.39, 0.29) is 0 Å². The average Bonchev–Trinajstić information content (AvgIpc) is 2.69. The Balaban J connectivity index is 1.90. The highest BCUT2D eigenvalue weighted by atomic mass is 79.9. The highest BCUT2D eigenvalue weighted by Gasteiger charge is 2.03. The van der Waals surface area contributed by atoms with E-state index in [1.54, 1.807) is 11.3 Å². The number of nitrogens with one attached hydrogen (secondary N) is 1. The standard InChI is InChI=1S/C13H10Br2N2S/c14-12-5-11(18-13(12)15)8-17-7-10-3-1-2-9(4-10)6-16/h1-5,17H,7-8H2. The number of thiophene rings is 1. The molecule has 0 radical (unpaired) electrons. The van der Waals surface area contributed by atoms with E-state index in [2.05, 4.69) is 49.3 Å². The first-order valence-corrected chi connectivity index (χ1v) is 7.73. The first-order valence-electron chi connectivity index (χ1n) is 5.32. The lowest BCUT2D eigenvalue weighted by Crippen LogP contribution is -2.11. The van der Waals surface area contributed by atoms with Crippen molar-refractivity contribution >= 4 is 43.2 Å². The van der Waals surface area contributed by atoms with Crippen molar-refractivity contribution in [3.05, 3.63) is 54.6 Å². The molecule has 0 fully saturated rings. The minimum atomic E-state index is 0.705. The summed E-state index contributed by atoms with van der Waals surface area (Å²) in [4.78, 5) is 1.27. The molecule has 5 heteroatoms. The molecule has 0 aliphatic rings. The first kappa shape index (κ1) is 13.8. The molecular weight excluding hydrogens is 376 g/mol. The summed E-state index contributed by atoms with van der Waals surface area (Å²) in [5.74, 6) is 0. The van der Waals surface area contributed by atoms with Crippen LogP contribution in [0.1, 0.15) is 16.0 Å². The molecule has 2 nitrogen and oxygen atoms in total. The van der Waals surface area contributed by atoms with Crippen LogP contribution in [0.3, 0.4) is 0 Å². The zero-order valence-electron chi connectivity index (χ0n) is 9.41. The van der Waals surface area contributed by atoms with E-state index in [0.29, 0.717) is 5.56 Å². The summed E-state index contributed by atoms with van der Waals surface area (Å²) < 4.78 is 2.21. The van der Waals surface area contributed by atoms with Crippen molar-refractivity contribution in [1.29, 1.82) is 5.26 Å². The van der Waals surface area contributed by atoms with Crippen LogP contribution in [0.2, 0.25) is 0 Å². The third-order valence-electron chi connectivity index (χ3n) is 2.38. The van der Waals surface area contributed by atoms with Gasteiger partial charge in [0.05, 0.1) is 15.4 Å². The predicted molar refractivity (Wildman–Crippen MR) is 81.4 cm³/mol. The monoisotopic (exact) mass is 384 g/mol. The number of hydrogen-bond donors (Lipinski definition) is 1. The van der Waals surface area contributed by atoms with Crippen LogP contribution in [-0.4, -0.2) is 0 Å². The Morgan fingerprint density at radius 1 is 1.22 bits per heavy atom. The van der Waals surface area contributed by atoms with Crippen LogP contribution in [0.4, 0.5) is 0 Å². The number of hydrogen-bond acceptors (Lipinski definition) is 3. The Morgan fingerprint density at radius 2 is 2.06 bits per heavy atom. The van der Waals surface area contributed by atoms with Gasteiger partial charge >= 0.3 is 0 Å². The summed E-state index contributed by atoms with van der Waals surface area (Å²) in [5, 5.41) is 12.2. The van der Waals surface area contributed by atoms with Gasteiger partial charge in [0.15, 0.2) is 0 Å². The zero-order chi connectivity index (χ0) is 13.0. The van der Waals surface area contributed by atoms with Gasteiger partial charge in [0.2, 0.25) is 0 Å². The lowest BCUT2D eigenvalue weighted by atomic mass is 10.1. The van der Waals surface area contributed by atoms with Gasteiger partial charge in [0.1, 0.15) is 0 Å². The molecule has 0 aliphatic carbocycles. The van der Waals surface area contributed by atoms with Gasteiger partial charge in [0.25, 0.3) is 0 Å². The highest BCUT2D eigenvalue weighted by Crippen LogP contribution is 2.32. The third-order valence-corrected chi connectivity index (χ3v) is 5.64. The van der Waals surface area contributed by atoms with Gasteiger partial charge in [-0.05, 0) is 55.6 Å². The number of benzene rings is 1. The van der Waals surface area contributed by atoms with E-state index < -0.39 is 0 Å². The van der Waals surface area contributed by atoms with Crippen LogP contribution >= 0.6 is 43.2 Å². The second-order valence-electron chi connectivity index (χ2n) is 3.75. The Morgan fingerprint density at radius 3 is 2.72 bits per heavy atom. The summed E-state index contributed by atoms with van der Waals surface area (Å²) in [6.07, 6.45) is 0. The summed E-state index contributed by atoms with van der Waals surface area (Å²) >= 11 is 8.66. The van der Waals surface area contributed by atoms with Gasteiger partial charge in [-0.1, -0.05) is 12.1 Å². The second-order valence-corrected chi connectivity index (χ2v) is 7.06. The van der Waals surface area contributed by atoms with Crippen LogP contribution in [-0.2, 0) is 13.1 Å². The third kappa shape index (κ3) is 3.66. The quantitative estimate of drug-likeness (QED) is 0.844. The van der Waals surface area contributed by atoms with E-state index in [0.717, 1.165) is 26.9 Å². The maximum atomic E-state index is 8.82. The molecule has 0 saturated carbocycles. The van der Waals surface area contributed by atoms with Crippen LogP contribution < -0.4 is 5.32 Å². The Hall–Kier alpha value is -0.670. The molecular formula is C13H10Br2N2S. The van der Waals surface area contributed by atoms with Gasteiger partial charge in [-0.25, -0.2) is 0 Å². The number of nitrogens with zero attached hydrogens (tertiary/aromatic N) is 1. The molecule has 1 N–H and O–H groups in total. The molecule has 0 amide bonds. The number of halogens is 2. The molecule has 0 bridgehead atoms. The van der Waals surface area contributed by atoms with Crippen LogP contribution in [0.5, 0.6) is 0 Å². The van der Waals surface area contributed by atoms with Crippen LogP contribution in [0.15, 0.2) is 38.6 Å². The van der Waals surface area contributed by atoms with E-state index in [9.17, 15) is 0 Å². The predicted octanol–water partition coefficient (Wildman–Crippen LogP) is 4.43. The highest BCUT2D eigenvalue weighted by molar-refractivity contribution is 9.13. The lowest BCUT2D eigenvalue weighted by Gasteiger charge is -2.03. The van der Waals surface area contributed by atoms with Crippen molar-refractivity contribution in [1.82, 2.24) is 5.32 Å². The number of nitriles is 1. The van der Waals surface area contributed by atoms with Crippen LogP contribution in [0.25, 0.3) is 0 Å². The van der Waals surface area contributed by atoms with Crippen molar-refractivity contribution in [2.45, 2.75) is 13.1 Å². The maximum Gasteiger partial charge on any atom is 0.0991 e. The first-order chi connectivity index (χ1) is 8.69. The zero-order valence-corrected chi connectivity index (χ0v) is 13.4. The molecule has 18 heavy (non-hydrogen) atoms. The lowest BCUT2D eigenvalue weighted by molar-refractivity contribution is 0.701. The summed E-state index contributed by atoms with van der Waals surface area (Å²) in [7, 11) is 0. The molecule has 0 unspecified atom stereocenters. The smallest absolute Gasteiger partial charge is 0.0991 e. The summed E-state index contributed by atoms with van der Waals surface area (Å²) in [6, 6.07) is 11.9. The Labute approximate surface area is 127 Å². The summed E-state index contributed by atoms with van der Waals surface area (Å²) in [6.45, 7) is 1.59. The summed E-state index contributed by atoms with van der Waals surface area (Å²) in [5.41, 5.74) is 1.83. The van der Waals surface area contributed by atoms with Crippen molar-refractivity contribution in [2.24, 2.45) is 0 Å². The van der Waals surface area contributed by atoms with Crippen LogP contribution in [0, 0.1) is 11.3 Å². The number of rotatable bonds is 4. The molecule has 92 valence electrons. The van der Waals surface area contributed by atoms with E-state index in [4.69, 9.17) is 5.26 Å². The molecule has 0 aliphatic heterocycles. The molecule has 2 rings (SSSR count). The van der Waals surface area contributed by atoms with Crippen molar-refractivity contribution in [3.63, 3.8) is 0 Å². The molecule has 2 aromatic rings. The molecule has 0 saturated heterocycles. The van der Waals surface area contributed by atoms with Crippen molar-refractivity contribution < 1.29 is 0 Å². The topological polar surface area (TPSA) is 35.8 Å². The second kappa shape index (κ2) is 6.48. The fourth-order valence-electron chi connectivity index (χ4n) is 1.56. The minimum absolute atomic E-state index is 0.705. The van der Waals surface area contributed by atoms with E-state index in [1.165, 1.54) is 4.88 Å². The van der Waals surface area contributed by atoms with E-state index >= 15 is 0 Å². The van der Waals surface area contributed by atoms with Gasteiger partial charge < -0.3 is 5.32 Å². The Bertz CT molecular complexity index is 567. The van der Waals surface area contributed by atoms with Gasteiger partial charge in [-0.15, -0.1) is 11.3 Å². The Kier molecular flexibility index (Phi) is 4.95.